The van der Waals surface area contributed by atoms with Crippen molar-refractivity contribution < 1.29 is 13.1 Å². The van der Waals surface area contributed by atoms with Gasteiger partial charge in [-0.1, -0.05) is 63.1 Å². The van der Waals surface area contributed by atoms with Gasteiger partial charge in [0, 0.05) is 9.75 Å². The molecule has 0 aliphatic heterocycles. The monoisotopic (exact) mass is 528 g/mol. The van der Waals surface area contributed by atoms with Crippen LogP contribution in [-0.2, 0) is 26.0 Å². The summed E-state index contributed by atoms with van der Waals surface area (Å²) in [5.41, 5.74) is 6.92. The Morgan fingerprint density at radius 1 is 0.719 bits per heavy atom. The summed E-state index contributed by atoms with van der Waals surface area (Å²) in [5.74, 6) is 0. The second kappa shape index (κ2) is 14.7. The number of benzene rings is 2. The van der Waals surface area contributed by atoms with Crippen LogP contribution in [0.15, 0.2) is 70.6 Å². The van der Waals surface area contributed by atoms with Crippen molar-refractivity contribution in [1.29, 1.82) is 0 Å². The Morgan fingerprint density at radius 3 is 1.47 bits per heavy atom. The van der Waals surface area contributed by atoms with Crippen LogP contribution in [0.3, 0.4) is 0 Å². The molecule has 0 bridgehead atoms. The molecule has 0 spiro atoms. The average Bonchev–Trinajstić information content (AvgIpc) is 3.28. The van der Waals surface area contributed by atoms with Crippen molar-refractivity contribution in [2.45, 2.75) is 53.4 Å². The summed E-state index contributed by atoms with van der Waals surface area (Å²) in [5, 5.41) is 0. The summed E-state index contributed by atoms with van der Waals surface area (Å²) in [6, 6.07) is 21.2. The van der Waals surface area contributed by atoms with Crippen LogP contribution in [-0.4, -0.2) is 11.4 Å². The molecule has 172 valence electrons. The standard InChI is InChI=1S/C26H30N2S.2ClH.Fe/c1-5-11-21-13-7-9-15-23(21)27-19(3)25-17-18-26(29-25)20(4)28-24-16-10-8-14-22(24)12-6-2;;;/h7-10,13-18H,5-6,11-12H2,1-4H3;2*1H;/q;;;+2/p-2. The van der Waals surface area contributed by atoms with Crippen molar-refractivity contribution in [3.05, 3.63) is 81.5 Å². The molecule has 0 unspecified atom stereocenters. The van der Waals surface area contributed by atoms with Gasteiger partial charge in [-0.05, 0) is 62.1 Å². The van der Waals surface area contributed by atoms with Crippen LogP contribution in [0.5, 0.6) is 0 Å². The summed E-state index contributed by atoms with van der Waals surface area (Å²) in [4.78, 5) is 12.3. The zero-order valence-corrected chi connectivity index (χ0v) is 22.4. The number of aryl methyl sites for hydroxylation is 2. The van der Waals surface area contributed by atoms with E-state index < -0.39 is 0 Å². The molecule has 0 saturated heterocycles. The molecule has 1 aromatic heterocycles. The number of nitrogens with zero attached hydrogens (tertiary/aromatic N) is 2. The van der Waals surface area contributed by atoms with Gasteiger partial charge in [0.25, 0.3) is 0 Å². The molecular weight excluding hydrogens is 499 g/mol. The Kier molecular flexibility index (Phi) is 12.3. The minimum absolute atomic E-state index is 0.194. The van der Waals surface area contributed by atoms with Gasteiger partial charge in [0.2, 0.25) is 0 Å². The van der Waals surface area contributed by atoms with Crippen LogP contribution in [0.4, 0.5) is 11.4 Å². The van der Waals surface area contributed by atoms with E-state index in [0.29, 0.717) is 0 Å². The Hall–Kier alpha value is -1.42. The summed E-state index contributed by atoms with van der Waals surface area (Å²) in [7, 11) is 9.53. The SMILES string of the molecule is CCCc1ccccc1N=C(C)c1ccc(C(C)=Nc2ccccc2CCC)s1.[Cl][Fe][Cl]. The van der Waals surface area contributed by atoms with Crippen molar-refractivity contribution >= 4 is 54.3 Å². The van der Waals surface area contributed by atoms with E-state index in [4.69, 9.17) is 30.2 Å². The van der Waals surface area contributed by atoms with E-state index in [1.54, 1.807) is 11.3 Å². The Bertz CT molecular complexity index is 964. The molecule has 0 radical (unpaired) electrons. The van der Waals surface area contributed by atoms with E-state index in [9.17, 15) is 0 Å². The van der Waals surface area contributed by atoms with Crippen molar-refractivity contribution in [3.63, 3.8) is 0 Å². The third kappa shape index (κ3) is 8.17. The fourth-order valence-corrected chi connectivity index (χ4v) is 4.30. The van der Waals surface area contributed by atoms with E-state index in [0.717, 1.165) is 48.5 Å². The molecule has 0 fully saturated rings. The van der Waals surface area contributed by atoms with Gasteiger partial charge >= 0.3 is 33.3 Å². The van der Waals surface area contributed by atoms with Crippen molar-refractivity contribution in [3.8, 4) is 0 Å². The fraction of sp³-hybridized carbons (Fsp3) is 0.308. The molecule has 6 heteroatoms. The molecular formula is C26H30Cl2FeN2S. The maximum atomic E-state index is 4.93. The number of rotatable bonds is 8. The maximum absolute atomic E-state index is 4.93. The minimum atomic E-state index is 0.194. The molecule has 2 nitrogen and oxygen atoms in total. The van der Waals surface area contributed by atoms with Crippen molar-refractivity contribution in [2.75, 3.05) is 0 Å². The van der Waals surface area contributed by atoms with E-state index in [2.05, 4.69) is 88.4 Å². The molecule has 1 heterocycles. The van der Waals surface area contributed by atoms with Gasteiger partial charge < -0.3 is 0 Å². The van der Waals surface area contributed by atoms with Crippen LogP contribution in [0.2, 0.25) is 0 Å². The Morgan fingerprint density at radius 2 is 1.09 bits per heavy atom. The normalized spacial score (nSPS) is 11.9. The van der Waals surface area contributed by atoms with Gasteiger partial charge in [-0.3, -0.25) is 9.98 Å². The van der Waals surface area contributed by atoms with Crippen LogP contribution in [0.25, 0.3) is 0 Å². The molecule has 2 aromatic carbocycles. The van der Waals surface area contributed by atoms with Crippen LogP contribution in [0, 0.1) is 0 Å². The fourth-order valence-electron chi connectivity index (χ4n) is 3.40. The molecule has 3 aromatic rings. The van der Waals surface area contributed by atoms with E-state index >= 15 is 0 Å². The summed E-state index contributed by atoms with van der Waals surface area (Å²) in [6.45, 7) is 8.61. The van der Waals surface area contributed by atoms with Crippen LogP contribution in [0.1, 0.15) is 61.4 Å². The second-order valence-electron chi connectivity index (χ2n) is 7.37. The zero-order valence-electron chi connectivity index (χ0n) is 19.0. The van der Waals surface area contributed by atoms with Gasteiger partial charge in [0.1, 0.15) is 0 Å². The third-order valence-corrected chi connectivity index (χ3v) is 6.22. The summed E-state index contributed by atoms with van der Waals surface area (Å²) >= 11 is 1.96. The first-order valence-electron chi connectivity index (χ1n) is 10.8. The predicted molar refractivity (Wildman–Crippen MR) is 141 cm³/mol. The van der Waals surface area contributed by atoms with Crippen LogP contribution >= 0.6 is 31.5 Å². The van der Waals surface area contributed by atoms with Crippen molar-refractivity contribution in [2.24, 2.45) is 9.98 Å². The molecule has 0 N–H and O–H groups in total. The quantitative estimate of drug-likeness (QED) is 0.205. The zero-order chi connectivity index (χ0) is 23.3. The molecule has 0 aliphatic rings. The molecule has 0 aliphatic carbocycles. The van der Waals surface area contributed by atoms with Gasteiger partial charge in [-0.2, -0.15) is 0 Å². The molecule has 0 atom stereocenters. The predicted octanol–water partition coefficient (Wildman–Crippen LogP) is 9.31. The van der Waals surface area contributed by atoms with Gasteiger partial charge in [0.15, 0.2) is 0 Å². The van der Waals surface area contributed by atoms with Gasteiger partial charge in [-0.25, -0.2) is 0 Å². The number of halogens is 2. The number of hydrogen-bond donors (Lipinski definition) is 0. The Labute approximate surface area is 211 Å². The third-order valence-electron chi connectivity index (χ3n) is 4.92. The first-order chi connectivity index (χ1) is 15.5. The first-order valence-corrected chi connectivity index (χ1v) is 14.6. The second-order valence-corrected chi connectivity index (χ2v) is 10.3. The number of hydrogen-bond acceptors (Lipinski definition) is 3. The molecule has 0 saturated carbocycles. The Balaban J connectivity index is 0.00000114. The average molecular weight is 529 g/mol. The van der Waals surface area contributed by atoms with E-state index in [1.807, 2.05) is 0 Å². The van der Waals surface area contributed by atoms with E-state index in [-0.39, 0.29) is 13.1 Å². The summed E-state index contributed by atoms with van der Waals surface area (Å²) in [6.07, 6.45) is 4.38. The summed E-state index contributed by atoms with van der Waals surface area (Å²) < 4.78 is 0. The first kappa shape index (κ1) is 26.8. The molecule has 0 amide bonds. The van der Waals surface area contributed by atoms with E-state index in [1.165, 1.54) is 20.9 Å². The van der Waals surface area contributed by atoms with Gasteiger partial charge in [-0.15, -0.1) is 11.3 Å². The molecule has 32 heavy (non-hydrogen) atoms. The van der Waals surface area contributed by atoms with Crippen molar-refractivity contribution in [1.82, 2.24) is 0 Å². The topological polar surface area (TPSA) is 24.7 Å². The molecule has 3 rings (SSSR count). The number of aliphatic imine (C=N–C) groups is 2. The number of thiophene rings is 1. The van der Waals surface area contributed by atoms with Crippen LogP contribution < -0.4 is 0 Å². The number of para-hydroxylation sites is 2. The van der Waals surface area contributed by atoms with Gasteiger partial charge in [0.05, 0.1) is 22.8 Å².